The van der Waals surface area contributed by atoms with Crippen molar-refractivity contribution < 1.29 is 9.90 Å². The molecule has 0 heterocycles. The van der Waals surface area contributed by atoms with E-state index in [1.165, 1.54) is 0 Å². The van der Waals surface area contributed by atoms with E-state index in [4.69, 9.17) is 0 Å². The summed E-state index contributed by atoms with van der Waals surface area (Å²) in [7, 11) is 0. The fraction of sp³-hybridized carbons (Fsp3) is 0.500. The van der Waals surface area contributed by atoms with E-state index < -0.39 is 6.10 Å². The highest BCUT2D eigenvalue weighted by molar-refractivity contribution is 5.75. The summed E-state index contributed by atoms with van der Waals surface area (Å²) in [6.45, 7) is 5.77. The molecule has 3 N–H and O–H groups in total. The Morgan fingerprint density at radius 2 is 2.00 bits per heavy atom. The summed E-state index contributed by atoms with van der Waals surface area (Å²) in [5, 5.41) is 15.7. The minimum atomic E-state index is -0.548. The molecular weight excluding hydrogens is 228 g/mol. The second-order valence-electron chi connectivity index (χ2n) is 5.80. The lowest BCUT2D eigenvalue weighted by atomic mass is 10.1. The predicted octanol–water partition coefficient (Wildman–Crippen LogP) is 1.74. The van der Waals surface area contributed by atoms with Crippen LogP contribution < -0.4 is 10.6 Å². The molecule has 1 aromatic rings. The molecule has 4 nitrogen and oxygen atoms in total. The van der Waals surface area contributed by atoms with Crippen LogP contribution in [0.3, 0.4) is 0 Å². The average Bonchev–Trinajstić information content (AvgIpc) is 2.53. The second kappa shape index (κ2) is 4.61. The summed E-state index contributed by atoms with van der Waals surface area (Å²) in [6, 6.07) is 7.25. The van der Waals surface area contributed by atoms with E-state index >= 15 is 0 Å². The Labute approximate surface area is 107 Å². The number of nitrogens with one attached hydrogen (secondary N) is 2. The summed E-state index contributed by atoms with van der Waals surface area (Å²) in [5.74, 6) is 0. The second-order valence-corrected chi connectivity index (χ2v) is 5.80. The van der Waals surface area contributed by atoms with Crippen molar-refractivity contribution in [2.75, 3.05) is 0 Å². The maximum atomic E-state index is 11.8. The predicted molar refractivity (Wildman–Crippen MR) is 70.3 cm³/mol. The Balaban J connectivity index is 2.08. The monoisotopic (exact) mass is 248 g/mol. The zero-order chi connectivity index (χ0) is 13.3. The van der Waals surface area contributed by atoms with Gasteiger partial charge in [-0.25, -0.2) is 4.79 Å². The van der Waals surface area contributed by atoms with Crippen LogP contribution in [0.2, 0.25) is 0 Å². The molecule has 0 unspecified atom stereocenters. The van der Waals surface area contributed by atoms with Crippen molar-refractivity contribution in [1.82, 2.24) is 10.6 Å². The third-order valence-electron chi connectivity index (χ3n) is 2.98. The summed E-state index contributed by atoms with van der Waals surface area (Å²) in [5.41, 5.74) is 1.83. The van der Waals surface area contributed by atoms with Gasteiger partial charge < -0.3 is 15.7 Å². The van der Waals surface area contributed by atoms with Crippen LogP contribution in [0.1, 0.15) is 37.9 Å². The molecule has 4 heteroatoms. The van der Waals surface area contributed by atoms with E-state index in [-0.39, 0.29) is 17.6 Å². The van der Waals surface area contributed by atoms with Crippen LogP contribution in [0.5, 0.6) is 0 Å². The molecule has 0 aromatic heterocycles. The average molecular weight is 248 g/mol. The quantitative estimate of drug-likeness (QED) is 0.709. The van der Waals surface area contributed by atoms with Gasteiger partial charge in [-0.1, -0.05) is 24.3 Å². The van der Waals surface area contributed by atoms with Crippen LogP contribution in [-0.4, -0.2) is 22.8 Å². The summed E-state index contributed by atoms with van der Waals surface area (Å²) < 4.78 is 0. The molecule has 18 heavy (non-hydrogen) atoms. The van der Waals surface area contributed by atoms with Crippen molar-refractivity contribution in [3.63, 3.8) is 0 Å². The minimum Gasteiger partial charge on any atom is -0.390 e. The molecule has 0 spiro atoms. The number of fused-ring (bicyclic) bond motifs is 1. The first-order valence-corrected chi connectivity index (χ1v) is 6.21. The van der Waals surface area contributed by atoms with Crippen molar-refractivity contribution in [1.29, 1.82) is 0 Å². The number of aliphatic hydroxyl groups excluding tert-OH is 1. The lowest BCUT2D eigenvalue weighted by Gasteiger charge is -2.24. The van der Waals surface area contributed by atoms with Crippen LogP contribution in [0.25, 0.3) is 0 Å². The Morgan fingerprint density at radius 1 is 1.33 bits per heavy atom. The summed E-state index contributed by atoms with van der Waals surface area (Å²) >= 11 is 0. The van der Waals surface area contributed by atoms with E-state index in [9.17, 15) is 9.90 Å². The maximum Gasteiger partial charge on any atom is 0.315 e. The Morgan fingerprint density at radius 3 is 2.67 bits per heavy atom. The molecule has 0 bridgehead atoms. The van der Waals surface area contributed by atoms with Gasteiger partial charge in [0.2, 0.25) is 0 Å². The van der Waals surface area contributed by atoms with Crippen LogP contribution in [-0.2, 0) is 6.42 Å². The SMILES string of the molecule is CC(C)(C)NC(=O)N[C@@H]1c2ccccc2C[C@@H]1O. The van der Waals surface area contributed by atoms with Crippen LogP contribution >= 0.6 is 0 Å². The molecule has 0 radical (unpaired) electrons. The van der Waals surface area contributed by atoms with Gasteiger partial charge >= 0.3 is 6.03 Å². The van der Waals surface area contributed by atoms with Gasteiger partial charge in [-0.15, -0.1) is 0 Å². The van der Waals surface area contributed by atoms with Crippen molar-refractivity contribution >= 4 is 6.03 Å². The first kappa shape index (κ1) is 12.9. The van der Waals surface area contributed by atoms with Crippen molar-refractivity contribution in [2.45, 2.75) is 44.9 Å². The highest BCUT2D eigenvalue weighted by Crippen LogP contribution is 2.31. The zero-order valence-electron chi connectivity index (χ0n) is 11.0. The standard InChI is InChI=1S/C14H20N2O2/c1-14(2,3)16-13(18)15-12-10-7-5-4-6-9(10)8-11(12)17/h4-7,11-12,17H,8H2,1-3H3,(H2,15,16,18)/t11-,12+/m0/s1. The molecule has 1 aromatic carbocycles. The normalized spacial score (nSPS) is 22.4. The van der Waals surface area contributed by atoms with Crippen LogP contribution in [0.15, 0.2) is 24.3 Å². The third kappa shape index (κ3) is 2.82. The largest absolute Gasteiger partial charge is 0.390 e. The van der Waals surface area contributed by atoms with Gasteiger partial charge in [-0.2, -0.15) is 0 Å². The zero-order valence-corrected chi connectivity index (χ0v) is 11.0. The molecule has 1 aliphatic carbocycles. The van der Waals surface area contributed by atoms with E-state index in [1.807, 2.05) is 45.0 Å². The van der Waals surface area contributed by atoms with E-state index in [2.05, 4.69) is 10.6 Å². The number of aliphatic hydroxyl groups is 1. The first-order valence-electron chi connectivity index (χ1n) is 6.21. The van der Waals surface area contributed by atoms with Crippen molar-refractivity contribution in [2.24, 2.45) is 0 Å². The number of carbonyl (C=O) groups is 1. The fourth-order valence-corrected chi connectivity index (χ4v) is 2.27. The van der Waals surface area contributed by atoms with Crippen molar-refractivity contribution in [3.8, 4) is 0 Å². The van der Waals surface area contributed by atoms with Crippen LogP contribution in [0, 0.1) is 0 Å². The number of hydrogen-bond donors (Lipinski definition) is 3. The van der Waals surface area contributed by atoms with Gasteiger partial charge in [0, 0.05) is 12.0 Å². The summed E-state index contributed by atoms with van der Waals surface area (Å²) in [6.07, 6.45) is 0.0458. The van der Waals surface area contributed by atoms with Gasteiger partial charge in [-0.3, -0.25) is 0 Å². The Hall–Kier alpha value is -1.55. The fourth-order valence-electron chi connectivity index (χ4n) is 2.27. The van der Waals surface area contributed by atoms with Crippen molar-refractivity contribution in [3.05, 3.63) is 35.4 Å². The topological polar surface area (TPSA) is 61.4 Å². The van der Waals surface area contributed by atoms with E-state index in [0.29, 0.717) is 6.42 Å². The Kier molecular flexibility index (Phi) is 3.30. The molecule has 1 aliphatic rings. The van der Waals surface area contributed by atoms with Gasteiger partial charge in [0.15, 0.2) is 0 Å². The molecule has 0 saturated heterocycles. The van der Waals surface area contributed by atoms with E-state index in [0.717, 1.165) is 11.1 Å². The molecule has 2 atom stereocenters. The summed E-state index contributed by atoms with van der Waals surface area (Å²) in [4.78, 5) is 11.8. The lowest BCUT2D eigenvalue weighted by molar-refractivity contribution is 0.141. The number of hydrogen-bond acceptors (Lipinski definition) is 2. The molecule has 2 rings (SSSR count). The lowest BCUT2D eigenvalue weighted by Crippen LogP contribution is -2.48. The van der Waals surface area contributed by atoms with Gasteiger partial charge in [-0.05, 0) is 31.9 Å². The number of carbonyl (C=O) groups excluding carboxylic acids is 1. The molecular formula is C14H20N2O2. The molecule has 0 aliphatic heterocycles. The Bertz CT molecular complexity index is 451. The van der Waals surface area contributed by atoms with Gasteiger partial charge in [0.05, 0.1) is 12.1 Å². The third-order valence-corrected chi connectivity index (χ3v) is 2.98. The highest BCUT2D eigenvalue weighted by atomic mass is 16.3. The molecule has 98 valence electrons. The van der Waals surface area contributed by atoms with E-state index in [1.54, 1.807) is 0 Å². The smallest absolute Gasteiger partial charge is 0.315 e. The number of benzene rings is 1. The van der Waals surface area contributed by atoms with Gasteiger partial charge in [0.25, 0.3) is 0 Å². The minimum absolute atomic E-state index is 0.247. The molecule has 2 amide bonds. The first-order chi connectivity index (χ1) is 8.37. The number of urea groups is 1. The molecule has 0 fully saturated rings. The number of rotatable bonds is 1. The maximum absolute atomic E-state index is 11.8. The molecule has 0 saturated carbocycles. The highest BCUT2D eigenvalue weighted by Gasteiger charge is 2.32. The van der Waals surface area contributed by atoms with Crippen LogP contribution in [0.4, 0.5) is 4.79 Å². The van der Waals surface area contributed by atoms with Gasteiger partial charge in [0.1, 0.15) is 0 Å². The number of amides is 2.